The first-order valence-corrected chi connectivity index (χ1v) is 9.90. The number of allylic oxidation sites excluding steroid dienone is 1. The molecule has 142 valence electrons. The second-order valence-corrected chi connectivity index (χ2v) is 7.72. The topological polar surface area (TPSA) is 51.3 Å². The number of benzene rings is 1. The normalized spacial score (nSPS) is 18.5. The molecule has 0 bridgehead atoms. The van der Waals surface area contributed by atoms with Crippen LogP contribution >= 0.6 is 11.6 Å². The third-order valence-electron chi connectivity index (χ3n) is 5.38. The van der Waals surface area contributed by atoms with Crippen LogP contribution < -0.4 is 10.3 Å². The zero-order valence-electron chi connectivity index (χ0n) is 15.5. The maximum absolute atomic E-state index is 12.6. The quantitative estimate of drug-likeness (QED) is 0.806. The number of aromatic nitrogens is 1. The van der Waals surface area contributed by atoms with Crippen molar-refractivity contribution in [2.75, 3.05) is 20.3 Å². The average Bonchev–Trinajstić information content (AvgIpc) is 3.52. The molecule has 0 amide bonds. The lowest BCUT2D eigenvalue weighted by Gasteiger charge is -2.21. The first-order chi connectivity index (χ1) is 13.2. The maximum atomic E-state index is 12.6. The molecule has 2 heterocycles. The first-order valence-electron chi connectivity index (χ1n) is 9.53. The van der Waals surface area contributed by atoms with Crippen LogP contribution in [0.25, 0.3) is 5.57 Å². The molecule has 2 aliphatic rings. The van der Waals surface area contributed by atoms with Crippen molar-refractivity contribution < 1.29 is 9.47 Å². The molecule has 2 aromatic rings. The highest BCUT2D eigenvalue weighted by Gasteiger charge is 2.26. The highest BCUT2D eigenvalue weighted by molar-refractivity contribution is 6.32. The molecule has 1 aliphatic carbocycles. The molecule has 2 fully saturated rings. The Balaban J connectivity index is 1.75. The van der Waals surface area contributed by atoms with E-state index in [0.29, 0.717) is 22.6 Å². The summed E-state index contributed by atoms with van der Waals surface area (Å²) >= 11 is 6.37. The van der Waals surface area contributed by atoms with Gasteiger partial charge in [-0.25, -0.2) is 0 Å². The van der Waals surface area contributed by atoms with Crippen LogP contribution in [-0.4, -0.2) is 25.3 Å². The van der Waals surface area contributed by atoms with Crippen molar-refractivity contribution >= 4 is 17.2 Å². The summed E-state index contributed by atoms with van der Waals surface area (Å²) in [7, 11) is 1.60. The van der Waals surface area contributed by atoms with Crippen molar-refractivity contribution in [2.24, 2.45) is 5.92 Å². The summed E-state index contributed by atoms with van der Waals surface area (Å²) in [5, 5.41) is 0.560. The maximum Gasteiger partial charge on any atom is 0.251 e. The van der Waals surface area contributed by atoms with Gasteiger partial charge in [-0.15, -0.1) is 0 Å². The number of hydrogen-bond donors (Lipinski definition) is 1. The predicted octanol–water partition coefficient (Wildman–Crippen LogP) is 4.77. The van der Waals surface area contributed by atoms with Gasteiger partial charge in [-0.1, -0.05) is 29.8 Å². The molecule has 0 unspecified atom stereocenters. The van der Waals surface area contributed by atoms with Crippen LogP contribution in [0, 0.1) is 5.92 Å². The molecule has 1 saturated carbocycles. The summed E-state index contributed by atoms with van der Waals surface area (Å²) in [4.78, 5) is 15.7. The monoisotopic (exact) mass is 385 g/mol. The Bertz CT molecular complexity index is 908. The third kappa shape index (κ3) is 4.12. The fraction of sp³-hybridized carbons (Fsp3) is 0.409. The smallest absolute Gasteiger partial charge is 0.251 e. The molecule has 4 nitrogen and oxygen atoms in total. The van der Waals surface area contributed by atoms with E-state index in [0.717, 1.165) is 61.3 Å². The van der Waals surface area contributed by atoms with Gasteiger partial charge in [0.15, 0.2) is 0 Å². The SMILES string of the molecule is COc1ccc(/C(=C/C2CCOCC2)c2ccc(C3CC3)c(=O)[nH]2)cc1Cl. The van der Waals surface area contributed by atoms with Crippen molar-refractivity contribution in [2.45, 2.75) is 31.6 Å². The van der Waals surface area contributed by atoms with Gasteiger partial charge in [0.25, 0.3) is 5.56 Å². The molecular formula is C22H24ClNO3. The van der Waals surface area contributed by atoms with Gasteiger partial charge < -0.3 is 14.5 Å². The highest BCUT2D eigenvalue weighted by Crippen LogP contribution is 2.38. The fourth-order valence-corrected chi connectivity index (χ4v) is 3.91. The molecule has 1 aliphatic heterocycles. The molecule has 1 N–H and O–H groups in total. The van der Waals surface area contributed by atoms with Crippen LogP contribution in [-0.2, 0) is 4.74 Å². The van der Waals surface area contributed by atoms with Gasteiger partial charge in [-0.3, -0.25) is 4.79 Å². The number of rotatable bonds is 5. The average molecular weight is 386 g/mol. The zero-order chi connectivity index (χ0) is 18.8. The summed E-state index contributed by atoms with van der Waals surface area (Å²) in [5.41, 5.74) is 3.73. The predicted molar refractivity (Wildman–Crippen MR) is 108 cm³/mol. The second kappa shape index (κ2) is 7.91. The summed E-state index contributed by atoms with van der Waals surface area (Å²) in [6.07, 6.45) is 6.45. The lowest BCUT2D eigenvalue weighted by Crippen LogP contribution is -2.16. The number of pyridine rings is 1. The van der Waals surface area contributed by atoms with Gasteiger partial charge in [-0.05, 0) is 61.3 Å². The number of nitrogens with one attached hydrogen (secondary N) is 1. The van der Waals surface area contributed by atoms with E-state index in [2.05, 4.69) is 11.1 Å². The van der Waals surface area contributed by atoms with E-state index >= 15 is 0 Å². The highest BCUT2D eigenvalue weighted by atomic mass is 35.5. The number of hydrogen-bond acceptors (Lipinski definition) is 3. The van der Waals surface area contributed by atoms with Crippen molar-refractivity contribution in [3.05, 3.63) is 68.6 Å². The minimum absolute atomic E-state index is 0.0208. The van der Waals surface area contributed by atoms with Gasteiger partial charge in [0.05, 0.1) is 12.1 Å². The van der Waals surface area contributed by atoms with Crippen molar-refractivity contribution in [1.29, 1.82) is 0 Å². The minimum atomic E-state index is 0.0208. The lowest BCUT2D eigenvalue weighted by atomic mass is 9.92. The molecule has 0 atom stereocenters. The van der Waals surface area contributed by atoms with Crippen LogP contribution in [0.15, 0.2) is 41.2 Å². The van der Waals surface area contributed by atoms with E-state index in [-0.39, 0.29) is 5.56 Å². The van der Waals surface area contributed by atoms with Crippen LogP contribution in [0.3, 0.4) is 0 Å². The molecule has 1 aromatic carbocycles. The van der Waals surface area contributed by atoms with E-state index in [1.807, 2.05) is 30.3 Å². The second-order valence-electron chi connectivity index (χ2n) is 7.31. The summed E-state index contributed by atoms with van der Waals surface area (Å²) < 4.78 is 10.8. The van der Waals surface area contributed by atoms with Crippen molar-refractivity contribution in [3.8, 4) is 5.75 Å². The number of ether oxygens (including phenoxy) is 2. The first kappa shape index (κ1) is 18.3. The minimum Gasteiger partial charge on any atom is -0.495 e. The fourth-order valence-electron chi connectivity index (χ4n) is 3.65. The molecule has 0 radical (unpaired) electrons. The number of aromatic amines is 1. The Hall–Kier alpha value is -2.04. The molecule has 0 spiro atoms. The van der Waals surface area contributed by atoms with E-state index < -0.39 is 0 Å². The standard InChI is InChI=1S/C22H24ClNO3/c1-26-21-7-4-16(13-19(21)23)18(12-14-8-10-27-11-9-14)20-6-5-17(15-2-3-15)22(25)24-20/h4-7,12-15H,2-3,8-11H2,1H3,(H,24,25)/b18-12-. The van der Waals surface area contributed by atoms with Gasteiger partial charge >= 0.3 is 0 Å². The van der Waals surface area contributed by atoms with E-state index in [4.69, 9.17) is 21.1 Å². The van der Waals surface area contributed by atoms with Crippen LogP contribution in [0.4, 0.5) is 0 Å². The Morgan fingerprint density at radius 1 is 1.19 bits per heavy atom. The van der Waals surface area contributed by atoms with E-state index in [1.54, 1.807) is 7.11 Å². The van der Waals surface area contributed by atoms with E-state index in [9.17, 15) is 4.79 Å². The summed E-state index contributed by atoms with van der Waals surface area (Å²) in [6, 6.07) is 9.76. The lowest BCUT2D eigenvalue weighted by molar-refractivity contribution is 0.0786. The van der Waals surface area contributed by atoms with Crippen molar-refractivity contribution in [1.82, 2.24) is 4.98 Å². The molecule has 27 heavy (non-hydrogen) atoms. The number of halogens is 1. The van der Waals surface area contributed by atoms with Gasteiger partial charge in [0.1, 0.15) is 5.75 Å². The van der Waals surface area contributed by atoms with Crippen LogP contribution in [0.5, 0.6) is 5.75 Å². The molecule has 4 rings (SSSR count). The molecule has 1 aromatic heterocycles. The zero-order valence-corrected chi connectivity index (χ0v) is 16.2. The Morgan fingerprint density at radius 3 is 2.59 bits per heavy atom. The number of methoxy groups -OCH3 is 1. The third-order valence-corrected chi connectivity index (χ3v) is 5.67. The Morgan fingerprint density at radius 2 is 1.96 bits per heavy atom. The van der Waals surface area contributed by atoms with Gasteiger partial charge in [0, 0.05) is 30.0 Å². The number of H-pyrrole nitrogens is 1. The van der Waals surface area contributed by atoms with Gasteiger partial charge in [0.2, 0.25) is 0 Å². The molecular weight excluding hydrogens is 362 g/mol. The van der Waals surface area contributed by atoms with Crippen molar-refractivity contribution in [3.63, 3.8) is 0 Å². The summed E-state index contributed by atoms with van der Waals surface area (Å²) in [6.45, 7) is 1.55. The van der Waals surface area contributed by atoms with E-state index in [1.165, 1.54) is 0 Å². The largest absolute Gasteiger partial charge is 0.495 e. The van der Waals surface area contributed by atoms with Crippen LogP contribution in [0.2, 0.25) is 5.02 Å². The van der Waals surface area contributed by atoms with Crippen LogP contribution in [0.1, 0.15) is 48.4 Å². The molecule has 5 heteroatoms. The Labute approximate surface area is 164 Å². The molecule has 1 saturated heterocycles. The summed E-state index contributed by atoms with van der Waals surface area (Å²) in [5.74, 6) is 1.49. The van der Waals surface area contributed by atoms with Gasteiger partial charge in [-0.2, -0.15) is 0 Å². The Kier molecular flexibility index (Phi) is 5.37.